The van der Waals surface area contributed by atoms with Crippen LogP contribution >= 0.6 is 15.9 Å². The van der Waals surface area contributed by atoms with Crippen molar-refractivity contribution in [2.45, 2.75) is 26.9 Å². The summed E-state index contributed by atoms with van der Waals surface area (Å²) in [7, 11) is 0. The van der Waals surface area contributed by atoms with Crippen molar-refractivity contribution in [3.63, 3.8) is 0 Å². The van der Waals surface area contributed by atoms with Crippen LogP contribution in [0.15, 0.2) is 16.9 Å². The van der Waals surface area contributed by atoms with Crippen molar-refractivity contribution in [2.24, 2.45) is 5.73 Å². The molecule has 0 spiro atoms. The number of rotatable bonds is 5. The van der Waals surface area contributed by atoms with E-state index in [-0.39, 0.29) is 17.1 Å². The molecule has 2 aromatic rings. The van der Waals surface area contributed by atoms with Crippen LogP contribution in [0.4, 0.5) is 5.69 Å². The van der Waals surface area contributed by atoms with Gasteiger partial charge in [-0.3, -0.25) is 19.0 Å². The number of amides is 2. The molecule has 0 aromatic carbocycles. The van der Waals surface area contributed by atoms with Gasteiger partial charge in [0, 0.05) is 25.5 Å². The van der Waals surface area contributed by atoms with E-state index in [4.69, 9.17) is 5.73 Å². The van der Waals surface area contributed by atoms with Gasteiger partial charge in [-0.25, -0.2) is 0 Å². The van der Waals surface area contributed by atoms with Gasteiger partial charge in [0.1, 0.15) is 0 Å². The molecule has 8 nitrogen and oxygen atoms in total. The lowest BCUT2D eigenvalue weighted by atomic mass is 10.3. The summed E-state index contributed by atoms with van der Waals surface area (Å²) < 4.78 is 3.73. The first-order chi connectivity index (χ1) is 9.96. The third-order valence-electron chi connectivity index (χ3n) is 2.82. The van der Waals surface area contributed by atoms with Gasteiger partial charge < -0.3 is 11.1 Å². The maximum atomic E-state index is 12.2. The van der Waals surface area contributed by atoms with Gasteiger partial charge in [0.25, 0.3) is 11.8 Å². The number of nitrogens with two attached hydrogens (primary N) is 1. The lowest BCUT2D eigenvalue weighted by Crippen LogP contribution is -2.18. The molecule has 0 fully saturated rings. The van der Waals surface area contributed by atoms with E-state index in [1.165, 1.54) is 4.68 Å². The third-order valence-corrected chi connectivity index (χ3v) is 3.40. The monoisotopic (exact) mass is 354 g/mol. The molecule has 2 heterocycles. The summed E-state index contributed by atoms with van der Waals surface area (Å²) in [5.74, 6) is -1.14. The normalized spacial score (nSPS) is 10.6. The maximum Gasteiger partial charge on any atom is 0.277 e. The Bertz CT molecular complexity index is 690. The zero-order valence-corrected chi connectivity index (χ0v) is 13.2. The van der Waals surface area contributed by atoms with E-state index < -0.39 is 11.8 Å². The van der Waals surface area contributed by atoms with Gasteiger partial charge in [-0.2, -0.15) is 10.2 Å². The summed E-state index contributed by atoms with van der Waals surface area (Å²) in [5.41, 5.74) is 5.79. The van der Waals surface area contributed by atoms with Crippen molar-refractivity contribution in [3.8, 4) is 0 Å². The van der Waals surface area contributed by atoms with Gasteiger partial charge in [0.2, 0.25) is 0 Å². The zero-order valence-electron chi connectivity index (χ0n) is 11.6. The second kappa shape index (κ2) is 6.08. The van der Waals surface area contributed by atoms with Crippen LogP contribution in [-0.4, -0.2) is 31.4 Å². The van der Waals surface area contributed by atoms with Gasteiger partial charge in [-0.1, -0.05) is 0 Å². The van der Waals surface area contributed by atoms with E-state index in [1.54, 1.807) is 17.1 Å². The molecule has 112 valence electrons. The van der Waals surface area contributed by atoms with Crippen LogP contribution in [0.5, 0.6) is 0 Å². The average molecular weight is 355 g/mol. The number of carbonyl (C=O) groups excluding carboxylic acids is 2. The lowest BCUT2D eigenvalue weighted by Gasteiger charge is -2.01. The average Bonchev–Trinajstić information content (AvgIpc) is 3.02. The fraction of sp³-hybridized carbons (Fsp3) is 0.333. The molecule has 0 radical (unpaired) electrons. The van der Waals surface area contributed by atoms with Crippen molar-refractivity contribution in [2.75, 3.05) is 5.32 Å². The van der Waals surface area contributed by atoms with Gasteiger partial charge in [0.05, 0.1) is 10.2 Å². The van der Waals surface area contributed by atoms with Crippen LogP contribution in [0.3, 0.4) is 0 Å². The summed E-state index contributed by atoms with van der Waals surface area (Å²) in [6.07, 6.45) is 3.27. The number of anilines is 1. The summed E-state index contributed by atoms with van der Waals surface area (Å²) in [5, 5.41) is 10.8. The molecular weight excluding hydrogens is 340 g/mol. The molecule has 0 atom stereocenters. The SMILES string of the molecule is CCn1cc(Br)c(C(=O)Nc2cn(CC)nc2C(N)=O)n1. The second-order valence-electron chi connectivity index (χ2n) is 4.25. The first-order valence-electron chi connectivity index (χ1n) is 6.37. The minimum Gasteiger partial charge on any atom is -0.364 e. The first kappa shape index (κ1) is 15.2. The number of hydrogen-bond donors (Lipinski definition) is 2. The van der Waals surface area contributed by atoms with Crippen molar-refractivity contribution in [1.82, 2.24) is 19.6 Å². The molecule has 0 aliphatic heterocycles. The minimum atomic E-state index is -0.698. The standard InChI is InChI=1S/C12H15BrN6O2/c1-3-18-5-7(13)9(16-18)12(21)15-8-6-19(4-2)17-10(8)11(14)20/h5-6H,3-4H2,1-2H3,(H2,14,20)(H,15,21). The van der Waals surface area contributed by atoms with Gasteiger partial charge in [0.15, 0.2) is 11.4 Å². The van der Waals surface area contributed by atoms with Crippen molar-refractivity contribution >= 4 is 33.4 Å². The van der Waals surface area contributed by atoms with E-state index in [0.717, 1.165) is 0 Å². The second-order valence-corrected chi connectivity index (χ2v) is 5.10. The summed E-state index contributed by atoms with van der Waals surface area (Å²) in [6, 6.07) is 0. The molecule has 0 saturated heterocycles. The summed E-state index contributed by atoms with van der Waals surface area (Å²) in [6.45, 7) is 4.98. The number of halogens is 1. The Morgan fingerprint density at radius 1 is 1.19 bits per heavy atom. The largest absolute Gasteiger partial charge is 0.364 e. The van der Waals surface area contributed by atoms with Crippen LogP contribution in [0.25, 0.3) is 0 Å². The highest BCUT2D eigenvalue weighted by Crippen LogP contribution is 2.19. The van der Waals surface area contributed by atoms with Crippen molar-refractivity contribution < 1.29 is 9.59 Å². The van der Waals surface area contributed by atoms with Crippen molar-refractivity contribution in [1.29, 1.82) is 0 Å². The fourth-order valence-electron chi connectivity index (χ4n) is 1.75. The van der Waals surface area contributed by atoms with Crippen LogP contribution < -0.4 is 11.1 Å². The quantitative estimate of drug-likeness (QED) is 0.841. The number of primary amides is 1. The zero-order chi connectivity index (χ0) is 15.6. The molecule has 9 heteroatoms. The van der Waals surface area contributed by atoms with Gasteiger partial charge in [-0.05, 0) is 29.8 Å². The molecule has 2 rings (SSSR count). The number of hydrogen-bond acceptors (Lipinski definition) is 4. The highest BCUT2D eigenvalue weighted by atomic mass is 79.9. The van der Waals surface area contributed by atoms with Crippen LogP contribution in [0.1, 0.15) is 34.8 Å². The molecule has 2 aromatic heterocycles. The molecule has 0 aliphatic rings. The minimum absolute atomic E-state index is 0.0243. The fourth-order valence-corrected chi connectivity index (χ4v) is 2.25. The maximum absolute atomic E-state index is 12.2. The lowest BCUT2D eigenvalue weighted by molar-refractivity contribution is 0.0995. The predicted molar refractivity (Wildman–Crippen MR) is 80.0 cm³/mol. The number of aromatic nitrogens is 4. The molecule has 21 heavy (non-hydrogen) atoms. The highest BCUT2D eigenvalue weighted by Gasteiger charge is 2.20. The number of carbonyl (C=O) groups is 2. The molecule has 0 saturated carbocycles. The van der Waals surface area contributed by atoms with Crippen LogP contribution in [-0.2, 0) is 13.1 Å². The molecule has 3 N–H and O–H groups in total. The van der Waals surface area contributed by atoms with E-state index in [0.29, 0.717) is 17.6 Å². The smallest absolute Gasteiger partial charge is 0.277 e. The third kappa shape index (κ3) is 3.13. The van der Waals surface area contributed by atoms with E-state index in [1.807, 2.05) is 13.8 Å². The van der Waals surface area contributed by atoms with E-state index >= 15 is 0 Å². The molecule has 0 aliphatic carbocycles. The first-order valence-corrected chi connectivity index (χ1v) is 7.17. The summed E-state index contributed by atoms with van der Waals surface area (Å²) in [4.78, 5) is 23.6. The molecule has 0 bridgehead atoms. The van der Waals surface area contributed by atoms with Crippen LogP contribution in [0.2, 0.25) is 0 Å². The topological polar surface area (TPSA) is 108 Å². The van der Waals surface area contributed by atoms with Crippen LogP contribution in [0, 0.1) is 0 Å². The molecule has 0 unspecified atom stereocenters. The number of nitrogens with one attached hydrogen (secondary N) is 1. The van der Waals surface area contributed by atoms with E-state index in [9.17, 15) is 9.59 Å². The Labute approximate surface area is 129 Å². The van der Waals surface area contributed by atoms with Crippen molar-refractivity contribution in [3.05, 3.63) is 28.3 Å². The Morgan fingerprint density at radius 2 is 1.76 bits per heavy atom. The van der Waals surface area contributed by atoms with Gasteiger partial charge in [-0.15, -0.1) is 0 Å². The van der Waals surface area contributed by atoms with Gasteiger partial charge >= 0.3 is 0 Å². The highest BCUT2D eigenvalue weighted by molar-refractivity contribution is 9.10. The summed E-state index contributed by atoms with van der Waals surface area (Å²) >= 11 is 3.28. The predicted octanol–water partition coefficient (Wildman–Crippen LogP) is 1.23. The molecular formula is C12H15BrN6O2. The molecule has 2 amide bonds. The Balaban J connectivity index is 2.28. The Kier molecular flexibility index (Phi) is 4.41. The van der Waals surface area contributed by atoms with E-state index in [2.05, 4.69) is 31.4 Å². The Hall–Kier alpha value is -2.16. The number of nitrogens with zero attached hydrogens (tertiary/aromatic N) is 4. The number of aryl methyl sites for hydroxylation is 2. The Morgan fingerprint density at radius 3 is 2.29 bits per heavy atom.